The zero-order valence-corrected chi connectivity index (χ0v) is 11.4. The van der Waals surface area contributed by atoms with Crippen molar-refractivity contribution in [2.75, 3.05) is 20.2 Å². The molecule has 0 saturated heterocycles. The van der Waals surface area contributed by atoms with E-state index in [1.165, 1.54) is 4.88 Å². The number of amides is 1. The largest absolute Gasteiger partial charge is 0.394 e. The Hall–Kier alpha value is -0.910. The van der Waals surface area contributed by atoms with Crippen LogP contribution in [0, 0.1) is 0 Å². The van der Waals surface area contributed by atoms with Gasteiger partial charge in [-0.3, -0.25) is 9.69 Å². The standard InChI is InChI=1S/C12H20N2O2S/c1-12(2,9-15)13-11(16)8-14(3)7-10-5-4-6-17-10/h4-6,15H,7-9H2,1-3H3,(H,13,16). The highest BCUT2D eigenvalue weighted by atomic mass is 32.1. The Kier molecular flexibility index (Phi) is 5.11. The number of hydrogen-bond donors (Lipinski definition) is 2. The third kappa shape index (κ3) is 5.30. The quantitative estimate of drug-likeness (QED) is 0.800. The summed E-state index contributed by atoms with van der Waals surface area (Å²) in [5, 5.41) is 13.9. The number of likely N-dealkylation sites (N-methyl/N-ethyl adjacent to an activating group) is 1. The van der Waals surface area contributed by atoms with Gasteiger partial charge in [-0.05, 0) is 32.3 Å². The predicted molar refractivity (Wildman–Crippen MR) is 70.0 cm³/mol. The van der Waals surface area contributed by atoms with Crippen LogP contribution < -0.4 is 5.32 Å². The smallest absolute Gasteiger partial charge is 0.234 e. The monoisotopic (exact) mass is 256 g/mol. The van der Waals surface area contributed by atoms with E-state index in [1.807, 2.05) is 23.4 Å². The van der Waals surface area contributed by atoms with Crippen LogP contribution in [-0.2, 0) is 11.3 Å². The van der Waals surface area contributed by atoms with Gasteiger partial charge in [-0.2, -0.15) is 0 Å². The molecule has 4 nitrogen and oxygen atoms in total. The molecule has 0 aliphatic carbocycles. The van der Waals surface area contributed by atoms with E-state index in [4.69, 9.17) is 5.11 Å². The predicted octanol–water partition coefficient (Wildman–Crippen LogP) is 1.07. The van der Waals surface area contributed by atoms with Crippen LogP contribution in [-0.4, -0.2) is 41.7 Å². The number of hydrogen-bond acceptors (Lipinski definition) is 4. The molecule has 0 saturated carbocycles. The highest BCUT2D eigenvalue weighted by Gasteiger charge is 2.19. The Labute approximate surface area is 106 Å². The molecule has 2 N–H and O–H groups in total. The molecule has 5 heteroatoms. The fourth-order valence-electron chi connectivity index (χ4n) is 1.43. The Morgan fingerprint density at radius 2 is 2.29 bits per heavy atom. The van der Waals surface area contributed by atoms with Gasteiger partial charge >= 0.3 is 0 Å². The molecule has 0 radical (unpaired) electrons. The fourth-order valence-corrected chi connectivity index (χ4v) is 2.21. The number of nitrogens with one attached hydrogen (secondary N) is 1. The van der Waals surface area contributed by atoms with Crippen molar-refractivity contribution in [3.8, 4) is 0 Å². The third-order valence-corrected chi connectivity index (χ3v) is 3.15. The van der Waals surface area contributed by atoms with Crippen molar-refractivity contribution >= 4 is 17.2 Å². The zero-order chi connectivity index (χ0) is 12.9. The highest BCUT2D eigenvalue weighted by Crippen LogP contribution is 2.10. The lowest BCUT2D eigenvalue weighted by Crippen LogP contribution is -2.49. The molecule has 0 aliphatic rings. The van der Waals surface area contributed by atoms with Crippen molar-refractivity contribution in [2.45, 2.75) is 25.9 Å². The van der Waals surface area contributed by atoms with Gasteiger partial charge in [0, 0.05) is 11.4 Å². The number of aliphatic hydroxyl groups is 1. The van der Waals surface area contributed by atoms with Crippen LogP contribution in [0.3, 0.4) is 0 Å². The average molecular weight is 256 g/mol. The fraction of sp³-hybridized carbons (Fsp3) is 0.583. The van der Waals surface area contributed by atoms with E-state index in [0.29, 0.717) is 6.54 Å². The molecule has 1 heterocycles. The second-order valence-electron chi connectivity index (χ2n) is 4.84. The van der Waals surface area contributed by atoms with Gasteiger partial charge < -0.3 is 10.4 Å². The van der Waals surface area contributed by atoms with E-state index in [0.717, 1.165) is 6.54 Å². The molecule has 17 heavy (non-hydrogen) atoms. The van der Waals surface area contributed by atoms with Gasteiger partial charge in [0.15, 0.2) is 0 Å². The number of thiophene rings is 1. The maximum absolute atomic E-state index is 11.7. The SMILES string of the molecule is CN(CC(=O)NC(C)(C)CO)Cc1cccs1. The van der Waals surface area contributed by atoms with Crippen molar-refractivity contribution in [3.63, 3.8) is 0 Å². The van der Waals surface area contributed by atoms with E-state index < -0.39 is 5.54 Å². The molecule has 0 bridgehead atoms. The number of nitrogens with zero attached hydrogens (tertiary/aromatic N) is 1. The maximum atomic E-state index is 11.7. The Morgan fingerprint density at radius 3 is 2.82 bits per heavy atom. The molecule has 0 spiro atoms. The van der Waals surface area contributed by atoms with Gasteiger partial charge in [-0.1, -0.05) is 6.07 Å². The van der Waals surface area contributed by atoms with Gasteiger partial charge in [0.1, 0.15) is 0 Å². The van der Waals surface area contributed by atoms with Crippen molar-refractivity contribution in [1.29, 1.82) is 0 Å². The summed E-state index contributed by atoms with van der Waals surface area (Å²) in [6, 6.07) is 4.06. The summed E-state index contributed by atoms with van der Waals surface area (Å²) < 4.78 is 0. The average Bonchev–Trinajstić information content (AvgIpc) is 2.69. The van der Waals surface area contributed by atoms with Gasteiger partial charge in [0.2, 0.25) is 5.91 Å². The number of rotatable bonds is 6. The highest BCUT2D eigenvalue weighted by molar-refractivity contribution is 7.09. The lowest BCUT2D eigenvalue weighted by atomic mass is 10.1. The van der Waals surface area contributed by atoms with E-state index in [-0.39, 0.29) is 12.5 Å². The van der Waals surface area contributed by atoms with E-state index >= 15 is 0 Å². The molecule has 96 valence electrons. The molecule has 0 aliphatic heterocycles. The molecule has 1 amide bonds. The first-order chi connectivity index (χ1) is 7.93. The topological polar surface area (TPSA) is 52.6 Å². The van der Waals surface area contributed by atoms with Crippen LogP contribution in [0.4, 0.5) is 0 Å². The van der Waals surface area contributed by atoms with Gasteiger partial charge in [0.05, 0.1) is 18.7 Å². The minimum Gasteiger partial charge on any atom is -0.394 e. The molecule has 1 rings (SSSR count). The van der Waals surface area contributed by atoms with Crippen LogP contribution in [0.15, 0.2) is 17.5 Å². The van der Waals surface area contributed by atoms with Crippen LogP contribution in [0.2, 0.25) is 0 Å². The van der Waals surface area contributed by atoms with Crippen molar-refractivity contribution in [3.05, 3.63) is 22.4 Å². The lowest BCUT2D eigenvalue weighted by molar-refractivity contribution is -0.124. The van der Waals surface area contributed by atoms with Crippen LogP contribution >= 0.6 is 11.3 Å². The first-order valence-corrected chi connectivity index (χ1v) is 6.44. The molecule has 0 unspecified atom stereocenters. The van der Waals surface area contributed by atoms with Crippen molar-refractivity contribution in [1.82, 2.24) is 10.2 Å². The summed E-state index contributed by atoms with van der Waals surface area (Å²) in [6.45, 7) is 4.63. The normalized spacial score (nSPS) is 11.8. The molecule has 1 aromatic heterocycles. The van der Waals surface area contributed by atoms with E-state index in [9.17, 15) is 4.79 Å². The van der Waals surface area contributed by atoms with Crippen molar-refractivity contribution in [2.24, 2.45) is 0 Å². The molecule has 1 aromatic rings. The van der Waals surface area contributed by atoms with Gasteiger partial charge in [-0.25, -0.2) is 0 Å². The van der Waals surface area contributed by atoms with Gasteiger partial charge in [0.25, 0.3) is 0 Å². The maximum Gasteiger partial charge on any atom is 0.234 e. The Bertz CT molecular complexity index is 349. The third-order valence-electron chi connectivity index (χ3n) is 2.29. The zero-order valence-electron chi connectivity index (χ0n) is 10.6. The summed E-state index contributed by atoms with van der Waals surface area (Å²) in [6.07, 6.45) is 0. The minimum atomic E-state index is -0.555. The Balaban J connectivity index is 2.36. The minimum absolute atomic E-state index is 0.0621. The van der Waals surface area contributed by atoms with Crippen molar-refractivity contribution < 1.29 is 9.90 Å². The van der Waals surface area contributed by atoms with Crippen LogP contribution in [0.25, 0.3) is 0 Å². The summed E-state index contributed by atoms with van der Waals surface area (Å²) in [7, 11) is 1.91. The van der Waals surface area contributed by atoms with Crippen LogP contribution in [0.1, 0.15) is 18.7 Å². The first kappa shape index (κ1) is 14.2. The summed E-state index contributed by atoms with van der Waals surface area (Å²) in [5.74, 6) is -0.0666. The number of aliphatic hydroxyl groups excluding tert-OH is 1. The second-order valence-corrected chi connectivity index (χ2v) is 5.87. The molecule has 0 atom stereocenters. The second kappa shape index (κ2) is 6.14. The lowest BCUT2D eigenvalue weighted by Gasteiger charge is -2.25. The molecule has 0 fully saturated rings. The van der Waals surface area contributed by atoms with E-state index in [1.54, 1.807) is 25.2 Å². The number of carbonyl (C=O) groups is 1. The molecular weight excluding hydrogens is 236 g/mol. The van der Waals surface area contributed by atoms with E-state index in [2.05, 4.69) is 11.4 Å². The first-order valence-electron chi connectivity index (χ1n) is 5.56. The van der Waals surface area contributed by atoms with Gasteiger partial charge in [-0.15, -0.1) is 11.3 Å². The molecular formula is C12H20N2O2S. The summed E-state index contributed by atoms with van der Waals surface area (Å²) in [5.41, 5.74) is -0.555. The summed E-state index contributed by atoms with van der Waals surface area (Å²) >= 11 is 1.68. The number of carbonyl (C=O) groups excluding carboxylic acids is 1. The summed E-state index contributed by atoms with van der Waals surface area (Å²) in [4.78, 5) is 14.9. The van der Waals surface area contributed by atoms with Crippen LogP contribution in [0.5, 0.6) is 0 Å². The molecule has 0 aromatic carbocycles. The Morgan fingerprint density at radius 1 is 1.59 bits per heavy atom.